The molecule has 2 N–H and O–H groups in total. The summed E-state index contributed by atoms with van der Waals surface area (Å²) in [5.41, 5.74) is 5.64. The Kier molecular flexibility index (Phi) is 4.42. The van der Waals surface area contributed by atoms with Gasteiger partial charge >= 0.3 is 0 Å². The predicted octanol–water partition coefficient (Wildman–Crippen LogP) is 1.66. The van der Waals surface area contributed by atoms with E-state index in [9.17, 15) is 4.21 Å². The Labute approximate surface area is 78.4 Å². The van der Waals surface area contributed by atoms with Crippen LogP contribution in [-0.4, -0.2) is 20.2 Å². The smallest absolute Gasteiger partial charge is 0.0377 e. The van der Waals surface area contributed by atoms with Crippen LogP contribution in [0.5, 0.6) is 0 Å². The average Bonchev–Trinajstić information content (AvgIpc) is 1.82. The molecule has 0 saturated carbocycles. The highest BCUT2D eigenvalue weighted by Gasteiger charge is 2.25. The minimum atomic E-state index is -0.783. The Morgan fingerprint density at radius 3 is 2.00 bits per heavy atom. The Bertz CT molecular complexity index is 160. The third kappa shape index (κ3) is 4.21. The number of nitrogens with two attached hydrogens (primary N) is 1. The maximum absolute atomic E-state index is 11.8. The van der Waals surface area contributed by atoms with E-state index in [2.05, 4.69) is 0 Å². The molecule has 0 fully saturated rings. The maximum Gasteiger partial charge on any atom is 0.0377 e. The lowest BCUT2D eigenvalue weighted by Gasteiger charge is -2.23. The van der Waals surface area contributed by atoms with E-state index < -0.39 is 10.8 Å². The van der Waals surface area contributed by atoms with E-state index in [-0.39, 0.29) is 16.0 Å². The fourth-order valence-electron chi connectivity index (χ4n) is 1.21. The number of rotatable bonds is 3. The summed E-state index contributed by atoms with van der Waals surface area (Å²) in [6, 6.07) is 0.145. The maximum atomic E-state index is 11.8. The van der Waals surface area contributed by atoms with Crippen LogP contribution >= 0.6 is 0 Å². The van der Waals surface area contributed by atoms with Crippen LogP contribution in [-0.2, 0) is 10.8 Å². The lowest BCUT2D eigenvalue weighted by atomic mass is 10.2. The van der Waals surface area contributed by atoms with Crippen molar-refractivity contribution in [2.24, 2.45) is 5.73 Å². The lowest BCUT2D eigenvalue weighted by Crippen LogP contribution is -2.33. The number of hydrogen-bond acceptors (Lipinski definition) is 2. The van der Waals surface area contributed by atoms with Crippen molar-refractivity contribution in [1.82, 2.24) is 0 Å². The molecule has 0 aromatic carbocycles. The Hall–Kier alpha value is 0.110. The van der Waals surface area contributed by atoms with Crippen molar-refractivity contribution in [2.75, 3.05) is 0 Å². The second-order valence-electron chi connectivity index (χ2n) is 4.43. The van der Waals surface area contributed by atoms with Crippen LogP contribution < -0.4 is 5.73 Å². The van der Waals surface area contributed by atoms with Gasteiger partial charge in [0.2, 0.25) is 0 Å². The van der Waals surface area contributed by atoms with Crippen LogP contribution in [0.15, 0.2) is 0 Å². The van der Waals surface area contributed by atoms with Crippen molar-refractivity contribution in [3.8, 4) is 0 Å². The molecule has 0 rings (SSSR count). The zero-order valence-electron chi connectivity index (χ0n) is 8.76. The van der Waals surface area contributed by atoms with Gasteiger partial charge in [-0.1, -0.05) is 6.92 Å². The average molecular weight is 191 g/mol. The molecule has 0 amide bonds. The normalized spacial score (nSPS) is 20.2. The molecule has 0 radical (unpaired) electrons. The molecular weight excluding hydrogens is 170 g/mol. The zero-order valence-corrected chi connectivity index (χ0v) is 9.57. The molecule has 0 aromatic heterocycles. The van der Waals surface area contributed by atoms with E-state index in [0.717, 1.165) is 6.42 Å². The SMILES string of the molecule is CC(N)CC(C)S(=O)C(C)(C)C. The lowest BCUT2D eigenvalue weighted by molar-refractivity contribution is 0.604. The Balaban J connectivity index is 4.12. The molecule has 74 valence electrons. The quantitative estimate of drug-likeness (QED) is 0.737. The van der Waals surface area contributed by atoms with Crippen LogP contribution in [0.2, 0.25) is 0 Å². The van der Waals surface area contributed by atoms with E-state index >= 15 is 0 Å². The van der Waals surface area contributed by atoms with Crippen LogP contribution in [0.25, 0.3) is 0 Å². The van der Waals surface area contributed by atoms with Gasteiger partial charge in [-0.05, 0) is 34.1 Å². The van der Waals surface area contributed by atoms with Gasteiger partial charge in [0.1, 0.15) is 0 Å². The van der Waals surface area contributed by atoms with Crippen LogP contribution in [0, 0.1) is 0 Å². The molecule has 3 atom stereocenters. The van der Waals surface area contributed by atoms with Crippen molar-refractivity contribution in [3.05, 3.63) is 0 Å². The van der Waals surface area contributed by atoms with Crippen LogP contribution in [0.4, 0.5) is 0 Å². The van der Waals surface area contributed by atoms with Crippen molar-refractivity contribution >= 4 is 10.8 Å². The van der Waals surface area contributed by atoms with Gasteiger partial charge in [-0.25, -0.2) is 0 Å². The summed E-state index contributed by atoms with van der Waals surface area (Å²) < 4.78 is 11.6. The third-order valence-corrected chi connectivity index (χ3v) is 3.80. The Morgan fingerprint density at radius 2 is 1.75 bits per heavy atom. The van der Waals surface area contributed by atoms with E-state index in [0.29, 0.717) is 0 Å². The highest BCUT2D eigenvalue weighted by Crippen LogP contribution is 2.18. The molecule has 0 saturated heterocycles. The van der Waals surface area contributed by atoms with Gasteiger partial charge in [-0.2, -0.15) is 0 Å². The summed E-state index contributed by atoms with van der Waals surface area (Å²) >= 11 is 0. The standard InChI is InChI=1S/C9H21NOS/c1-7(10)6-8(2)12(11)9(3,4)5/h7-8H,6,10H2,1-5H3. The molecule has 3 heteroatoms. The molecule has 12 heavy (non-hydrogen) atoms. The molecule has 0 aliphatic carbocycles. The van der Waals surface area contributed by atoms with Gasteiger partial charge in [0.25, 0.3) is 0 Å². The molecule has 0 aliphatic rings. The van der Waals surface area contributed by atoms with Gasteiger partial charge in [0, 0.05) is 26.8 Å². The topological polar surface area (TPSA) is 43.1 Å². The molecule has 2 nitrogen and oxygen atoms in total. The summed E-state index contributed by atoms with van der Waals surface area (Å²) in [6.45, 7) is 9.96. The van der Waals surface area contributed by atoms with Gasteiger partial charge in [-0.3, -0.25) is 4.21 Å². The Morgan fingerprint density at radius 1 is 1.33 bits per heavy atom. The van der Waals surface area contributed by atoms with Crippen LogP contribution in [0.1, 0.15) is 41.0 Å². The summed E-state index contributed by atoms with van der Waals surface area (Å²) in [6.07, 6.45) is 0.837. The van der Waals surface area contributed by atoms with E-state index in [1.54, 1.807) is 0 Å². The minimum absolute atomic E-state index is 0.117. The molecule has 0 aromatic rings. The minimum Gasteiger partial charge on any atom is -0.328 e. The molecule has 0 bridgehead atoms. The van der Waals surface area contributed by atoms with Gasteiger partial charge in [-0.15, -0.1) is 0 Å². The van der Waals surface area contributed by atoms with Crippen molar-refractivity contribution < 1.29 is 4.21 Å². The second-order valence-corrected chi connectivity index (χ2v) is 7.06. The summed E-state index contributed by atoms with van der Waals surface area (Å²) in [5.74, 6) is 0. The highest BCUT2D eigenvalue weighted by atomic mass is 32.2. The van der Waals surface area contributed by atoms with Crippen molar-refractivity contribution in [3.63, 3.8) is 0 Å². The van der Waals surface area contributed by atoms with Gasteiger partial charge < -0.3 is 5.73 Å². The first kappa shape index (κ1) is 12.1. The first-order chi connectivity index (χ1) is 5.25. The first-order valence-corrected chi connectivity index (χ1v) is 5.62. The molecule has 3 unspecified atom stereocenters. The molecular formula is C9H21NOS. The summed E-state index contributed by atoms with van der Waals surface area (Å²) in [4.78, 5) is 0. The highest BCUT2D eigenvalue weighted by molar-refractivity contribution is 7.87. The predicted molar refractivity (Wildman–Crippen MR) is 55.6 cm³/mol. The molecule has 0 heterocycles. The number of hydrogen-bond donors (Lipinski definition) is 1. The fraction of sp³-hybridized carbons (Fsp3) is 1.00. The summed E-state index contributed by atoms with van der Waals surface area (Å²) in [5, 5.41) is 0.199. The van der Waals surface area contributed by atoms with E-state index in [4.69, 9.17) is 5.73 Å². The third-order valence-electron chi connectivity index (χ3n) is 1.67. The fourth-order valence-corrected chi connectivity index (χ4v) is 2.90. The first-order valence-electron chi connectivity index (χ1n) is 4.41. The van der Waals surface area contributed by atoms with Crippen molar-refractivity contribution in [1.29, 1.82) is 0 Å². The van der Waals surface area contributed by atoms with E-state index in [1.165, 1.54) is 0 Å². The van der Waals surface area contributed by atoms with Gasteiger partial charge in [0.05, 0.1) is 0 Å². The molecule has 0 aliphatic heterocycles. The molecule has 0 spiro atoms. The monoisotopic (exact) mass is 191 g/mol. The van der Waals surface area contributed by atoms with E-state index in [1.807, 2.05) is 34.6 Å². The second kappa shape index (κ2) is 4.38. The zero-order chi connectivity index (χ0) is 9.94. The summed E-state index contributed by atoms with van der Waals surface area (Å²) in [7, 11) is -0.783. The van der Waals surface area contributed by atoms with Crippen molar-refractivity contribution in [2.45, 2.75) is 57.1 Å². The van der Waals surface area contributed by atoms with Gasteiger partial charge in [0.15, 0.2) is 0 Å². The van der Waals surface area contributed by atoms with Crippen LogP contribution in [0.3, 0.4) is 0 Å². The largest absolute Gasteiger partial charge is 0.328 e.